The van der Waals surface area contributed by atoms with Crippen LogP contribution in [0.4, 0.5) is 10.5 Å². The van der Waals surface area contributed by atoms with Crippen molar-refractivity contribution in [1.82, 2.24) is 15.4 Å². The summed E-state index contributed by atoms with van der Waals surface area (Å²) >= 11 is 5.23. The van der Waals surface area contributed by atoms with Gasteiger partial charge in [-0.1, -0.05) is 66.7 Å². The molecular weight excluding hydrogens is 613 g/mol. The smallest absolute Gasteiger partial charge is 0.408 e. The first kappa shape index (κ1) is 32.8. The molecular formula is C33H32N4O6S2. The second kappa shape index (κ2) is 15.1. The number of rotatable bonds is 10. The van der Waals surface area contributed by atoms with E-state index in [0.717, 1.165) is 16.7 Å². The number of nitrogens with one attached hydrogen (secondary N) is 4. The molecule has 0 bridgehead atoms. The van der Waals surface area contributed by atoms with E-state index in [2.05, 4.69) is 16.0 Å². The van der Waals surface area contributed by atoms with Gasteiger partial charge in [0.15, 0.2) is 5.11 Å². The molecule has 12 heteroatoms. The van der Waals surface area contributed by atoms with Gasteiger partial charge in [-0.3, -0.25) is 14.9 Å². The van der Waals surface area contributed by atoms with Gasteiger partial charge in [0, 0.05) is 17.7 Å². The van der Waals surface area contributed by atoms with Gasteiger partial charge in [-0.05, 0) is 84.7 Å². The maximum absolute atomic E-state index is 13.2. The van der Waals surface area contributed by atoms with Crippen molar-refractivity contribution in [1.29, 1.82) is 0 Å². The zero-order valence-corrected chi connectivity index (χ0v) is 26.2. The molecule has 0 aliphatic carbocycles. The number of alkyl carbamates (subject to hydrolysis) is 1. The first-order chi connectivity index (χ1) is 21.5. The summed E-state index contributed by atoms with van der Waals surface area (Å²) in [5, 5.41) is 7.93. The van der Waals surface area contributed by atoms with E-state index in [1.165, 1.54) is 24.3 Å². The number of hydrogen-bond acceptors (Lipinski definition) is 7. The van der Waals surface area contributed by atoms with Crippen LogP contribution in [0, 0.1) is 13.8 Å². The summed E-state index contributed by atoms with van der Waals surface area (Å²) < 4.78 is 33.5. The summed E-state index contributed by atoms with van der Waals surface area (Å²) in [6, 6.07) is 27.3. The van der Waals surface area contributed by atoms with Crippen molar-refractivity contribution in [3.05, 3.63) is 131 Å². The molecule has 45 heavy (non-hydrogen) atoms. The zero-order chi connectivity index (χ0) is 32.4. The first-order valence-electron chi connectivity index (χ1n) is 13.9. The minimum absolute atomic E-state index is 0.0240. The fourth-order valence-electron chi connectivity index (χ4n) is 4.17. The largest absolute Gasteiger partial charge is 0.445 e. The Morgan fingerprint density at radius 1 is 0.800 bits per heavy atom. The molecule has 0 aliphatic rings. The van der Waals surface area contributed by atoms with Crippen LogP contribution in [0.2, 0.25) is 0 Å². The number of carbonyl (C=O) groups excluding carboxylic acids is 3. The Balaban J connectivity index is 1.38. The molecule has 232 valence electrons. The van der Waals surface area contributed by atoms with Crippen molar-refractivity contribution < 1.29 is 27.5 Å². The number of ether oxygens (including phenoxy) is 1. The Bertz CT molecular complexity index is 1780. The Morgan fingerprint density at radius 2 is 1.42 bits per heavy atom. The van der Waals surface area contributed by atoms with Gasteiger partial charge in [-0.2, -0.15) is 0 Å². The number of benzene rings is 4. The third-order valence-corrected chi connectivity index (χ3v) is 8.32. The molecule has 3 amide bonds. The average molecular weight is 645 g/mol. The van der Waals surface area contributed by atoms with E-state index in [0.29, 0.717) is 16.8 Å². The topological polar surface area (TPSA) is 143 Å². The van der Waals surface area contributed by atoms with Crippen LogP contribution < -0.4 is 20.7 Å². The number of anilines is 1. The predicted octanol–water partition coefficient (Wildman–Crippen LogP) is 4.77. The van der Waals surface area contributed by atoms with Crippen LogP contribution in [0.15, 0.2) is 108 Å². The number of aryl methyl sites for hydroxylation is 2. The predicted molar refractivity (Wildman–Crippen MR) is 175 cm³/mol. The number of thiocarbonyl (C=S) groups is 1. The zero-order valence-electron chi connectivity index (χ0n) is 24.6. The van der Waals surface area contributed by atoms with Crippen LogP contribution in [0.3, 0.4) is 0 Å². The van der Waals surface area contributed by atoms with Gasteiger partial charge >= 0.3 is 6.09 Å². The number of amides is 3. The van der Waals surface area contributed by atoms with Gasteiger partial charge in [-0.15, -0.1) is 0 Å². The van der Waals surface area contributed by atoms with Gasteiger partial charge in [0.05, 0.1) is 4.90 Å². The monoisotopic (exact) mass is 644 g/mol. The van der Waals surface area contributed by atoms with E-state index < -0.39 is 28.1 Å². The minimum atomic E-state index is -4.32. The minimum Gasteiger partial charge on any atom is -0.445 e. The molecule has 0 saturated carbocycles. The van der Waals surface area contributed by atoms with E-state index in [-0.39, 0.29) is 28.9 Å². The lowest BCUT2D eigenvalue weighted by molar-refractivity contribution is -0.121. The Labute approximate surface area is 267 Å². The van der Waals surface area contributed by atoms with Gasteiger partial charge in [0.2, 0.25) is 0 Å². The van der Waals surface area contributed by atoms with Crippen molar-refractivity contribution in [3.8, 4) is 0 Å². The quantitative estimate of drug-likeness (QED) is 0.181. The summed E-state index contributed by atoms with van der Waals surface area (Å²) in [5.41, 5.74) is 4.34. The molecule has 4 aromatic carbocycles. The lowest BCUT2D eigenvalue weighted by Crippen LogP contribution is -2.49. The summed E-state index contributed by atoms with van der Waals surface area (Å²) in [6.07, 6.45) is -0.847. The third kappa shape index (κ3) is 9.71. The number of carbonyl (C=O) groups is 3. The normalized spacial score (nSPS) is 11.5. The molecule has 0 aliphatic heterocycles. The first-order valence-corrected chi connectivity index (χ1v) is 15.8. The second-order valence-electron chi connectivity index (χ2n) is 10.1. The Hall–Kier alpha value is -5.07. The maximum Gasteiger partial charge on any atom is 0.408 e. The van der Waals surface area contributed by atoms with Crippen molar-refractivity contribution >= 4 is 50.9 Å². The summed E-state index contributed by atoms with van der Waals surface area (Å²) in [6.45, 7) is 3.83. The molecule has 10 nitrogen and oxygen atoms in total. The highest BCUT2D eigenvalue weighted by molar-refractivity contribution is 7.90. The van der Waals surface area contributed by atoms with Gasteiger partial charge < -0.3 is 15.4 Å². The lowest BCUT2D eigenvalue weighted by atomic mass is 10.1. The van der Waals surface area contributed by atoms with E-state index in [1.807, 2.05) is 30.7 Å². The summed E-state index contributed by atoms with van der Waals surface area (Å²) in [5.74, 6) is -1.33. The molecule has 0 saturated heterocycles. The fourth-order valence-corrected chi connectivity index (χ4v) is 5.40. The lowest BCUT2D eigenvalue weighted by Gasteiger charge is -2.19. The van der Waals surface area contributed by atoms with Crippen LogP contribution in [0.5, 0.6) is 0 Å². The van der Waals surface area contributed by atoms with E-state index in [9.17, 15) is 22.8 Å². The number of hydrogen-bond donors (Lipinski definition) is 4. The molecule has 0 fully saturated rings. The summed E-state index contributed by atoms with van der Waals surface area (Å²) in [4.78, 5) is 38.1. The molecule has 0 spiro atoms. The van der Waals surface area contributed by atoms with Crippen LogP contribution in [-0.4, -0.2) is 37.5 Å². The van der Waals surface area contributed by atoms with Crippen LogP contribution in [0.1, 0.15) is 32.6 Å². The molecule has 0 aromatic heterocycles. The SMILES string of the molecule is Cc1ccc(C(=O)NC(=S)Nc2ccc(S(=O)(=O)NC(=O)[C@H](Cc3ccccc3)NC(=O)OCc3ccccc3)cc2)cc1C. The highest BCUT2D eigenvalue weighted by Gasteiger charge is 2.27. The van der Waals surface area contributed by atoms with Gasteiger partial charge in [-0.25, -0.2) is 17.9 Å². The van der Waals surface area contributed by atoms with E-state index in [4.69, 9.17) is 17.0 Å². The molecule has 1 atom stereocenters. The second-order valence-corrected chi connectivity index (χ2v) is 12.2. The highest BCUT2D eigenvalue weighted by atomic mass is 32.2. The molecule has 0 unspecified atom stereocenters. The molecule has 4 rings (SSSR count). The average Bonchev–Trinajstić information content (AvgIpc) is 3.02. The van der Waals surface area contributed by atoms with Crippen molar-refractivity contribution in [2.24, 2.45) is 0 Å². The van der Waals surface area contributed by atoms with Gasteiger partial charge in [0.1, 0.15) is 12.6 Å². The van der Waals surface area contributed by atoms with Crippen LogP contribution in [-0.2, 0) is 32.6 Å². The van der Waals surface area contributed by atoms with Crippen molar-refractivity contribution in [2.75, 3.05) is 5.32 Å². The van der Waals surface area contributed by atoms with Crippen LogP contribution in [0.25, 0.3) is 0 Å². The van der Waals surface area contributed by atoms with Crippen LogP contribution >= 0.6 is 12.2 Å². The van der Waals surface area contributed by atoms with E-state index in [1.54, 1.807) is 66.7 Å². The van der Waals surface area contributed by atoms with Crippen molar-refractivity contribution in [2.45, 2.75) is 37.8 Å². The highest BCUT2D eigenvalue weighted by Crippen LogP contribution is 2.15. The Morgan fingerprint density at radius 3 is 2.04 bits per heavy atom. The molecule has 0 heterocycles. The van der Waals surface area contributed by atoms with Crippen molar-refractivity contribution in [3.63, 3.8) is 0 Å². The molecule has 4 N–H and O–H groups in total. The summed E-state index contributed by atoms with van der Waals surface area (Å²) in [7, 11) is -4.32. The van der Waals surface area contributed by atoms with E-state index >= 15 is 0 Å². The molecule has 4 aromatic rings. The Kier molecular flexibility index (Phi) is 11.0. The maximum atomic E-state index is 13.2. The molecule has 0 radical (unpaired) electrons. The van der Waals surface area contributed by atoms with Gasteiger partial charge in [0.25, 0.3) is 21.8 Å². The third-order valence-electron chi connectivity index (χ3n) is 6.76. The standard InChI is InChI=1S/C33H32N4O6S2/c1-22-13-14-26(19-23(22)2)30(38)36-32(44)34-27-15-17-28(18-16-27)45(41,42)37-31(39)29(20-24-9-5-3-6-10-24)35-33(40)43-21-25-11-7-4-8-12-25/h3-19,29H,20-21H2,1-2H3,(H,35,40)(H,37,39)(H2,34,36,38,44)/t29-/m0/s1. The fraction of sp³-hybridized carbons (Fsp3) is 0.152. The number of sulfonamides is 1.